The van der Waals surface area contributed by atoms with Gasteiger partial charge in [-0.1, -0.05) is 0 Å². The summed E-state index contributed by atoms with van der Waals surface area (Å²) < 4.78 is 29.3. The lowest BCUT2D eigenvalue weighted by Crippen LogP contribution is -2.61. The van der Waals surface area contributed by atoms with Gasteiger partial charge in [0.25, 0.3) is 0 Å². The number of nitrogens with one attached hydrogen (secondary N) is 1. The summed E-state index contributed by atoms with van der Waals surface area (Å²) in [5, 5.41) is 3.39. The molecule has 2 atom stereocenters. The summed E-state index contributed by atoms with van der Waals surface area (Å²) in [5.41, 5.74) is 5.20. The van der Waals surface area contributed by atoms with Crippen molar-refractivity contribution < 1.29 is 13.2 Å². The first-order chi connectivity index (χ1) is 8.39. The van der Waals surface area contributed by atoms with Crippen molar-refractivity contribution in [1.29, 1.82) is 0 Å². The van der Waals surface area contributed by atoms with E-state index in [2.05, 4.69) is 12.2 Å². The molecule has 2 fully saturated rings. The Bertz CT molecular complexity index is 390. The van der Waals surface area contributed by atoms with Crippen LogP contribution in [-0.2, 0) is 14.6 Å². The molecule has 2 heterocycles. The van der Waals surface area contributed by atoms with E-state index in [-0.39, 0.29) is 11.4 Å². The van der Waals surface area contributed by atoms with Gasteiger partial charge in [0.1, 0.15) is 0 Å². The molecule has 0 amide bonds. The second-order valence-electron chi connectivity index (χ2n) is 5.94. The van der Waals surface area contributed by atoms with Crippen molar-refractivity contribution in [2.75, 3.05) is 31.2 Å². The molecule has 18 heavy (non-hydrogen) atoms. The maximum absolute atomic E-state index is 11.8. The van der Waals surface area contributed by atoms with Crippen LogP contribution in [0.3, 0.4) is 0 Å². The van der Waals surface area contributed by atoms with E-state index in [0.29, 0.717) is 25.3 Å². The predicted molar refractivity (Wildman–Crippen MR) is 71.3 cm³/mol. The highest BCUT2D eigenvalue weighted by molar-refractivity contribution is 7.91. The lowest BCUT2D eigenvalue weighted by molar-refractivity contribution is 0.0147. The molecule has 0 aromatic carbocycles. The minimum atomic E-state index is -2.95. The van der Waals surface area contributed by atoms with E-state index >= 15 is 0 Å². The molecule has 2 saturated heterocycles. The maximum atomic E-state index is 11.8. The molecule has 0 aliphatic carbocycles. The lowest BCUT2D eigenvalue weighted by atomic mass is 9.93. The second-order valence-corrected chi connectivity index (χ2v) is 8.12. The number of hydrogen-bond acceptors (Lipinski definition) is 5. The normalized spacial score (nSPS) is 39.9. The van der Waals surface area contributed by atoms with Crippen molar-refractivity contribution in [2.24, 2.45) is 5.73 Å². The minimum Gasteiger partial charge on any atom is -0.374 e. The van der Waals surface area contributed by atoms with Crippen LogP contribution in [-0.4, -0.2) is 50.8 Å². The lowest BCUT2D eigenvalue weighted by Gasteiger charge is -2.39. The fraction of sp³-hybridized carbons (Fsp3) is 1.00. The summed E-state index contributed by atoms with van der Waals surface area (Å²) in [6.07, 6.45) is 3.63. The van der Waals surface area contributed by atoms with Gasteiger partial charge in [0.15, 0.2) is 9.84 Å². The van der Waals surface area contributed by atoms with Crippen LogP contribution in [0.25, 0.3) is 0 Å². The minimum absolute atomic E-state index is 0.159. The Labute approximate surface area is 109 Å². The van der Waals surface area contributed by atoms with Crippen LogP contribution in [0.5, 0.6) is 0 Å². The van der Waals surface area contributed by atoms with E-state index in [0.717, 1.165) is 25.9 Å². The van der Waals surface area contributed by atoms with E-state index in [4.69, 9.17) is 10.5 Å². The molecule has 2 aliphatic rings. The van der Waals surface area contributed by atoms with Crippen molar-refractivity contribution in [3.05, 3.63) is 0 Å². The highest BCUT2D eigenvalue weighted by Crippen LogP contribution is 2.27. The topological polar surface area (TPSA) is 81.4 Å². The van der Waals surface area contributed by atoms with Crippen molar-refractivity contribution >= 4 is 9.84 Å². The van der Waals surface area contributed by atoms with Gasteiger partial charge in [-0.15, -0.1) is 0 Å². The van der Waals surface area contributed by atoms with Crippen LogP contribution in [0.15, 0.2) is 0 Å². The monoisotopic (exact) mass is 276 g/mol. The molecule has 0 radical (unpaired) electrons. The summed E-state index contributed by atoms with van der Waals surface area (Å²) in [4.78, 5) is 0. The van der Waals surface area contributed by atoms with E-state index in [1.54, 1.807) is 0 Å². The second kappa shape index (κ2) is 5.07. The summed E-state index contributed by atoms with van der Waals surface area (Å²) >= 11 is 0. The van der Waals surface area contributed by atoms with Crippen molar-refractivity contribution in [1.82, 2.24) is 5.32 Å². The molecule has 6 heteroatoms. The Morgan fingerprint density at radius 3 is 2.67 bits per heavy atom. The van der Waals surface area contributed by atoms with Gasteiger partial charge in [-0.25, -0.2) is 8.42 Å². The Balaban J connectivity index is 2.00. The van der Waals surface area contributed by atoms with Gasteiger partial charge in [0.05, 0.1) is 17.1 Å². The van der Waals surface area contributed by atoms with Crippen LogP contribution >= 0.6 is 0 Å². The Kier molecular flexibility index (Phi) is 4.02. The third kappa shape index (κ3) is 3.23. The molecule has 0 aromatic rings. The quantitative estimate of drug-likeness (QED) is 0.758. The highest BCUT2D eigenvalue weighted by atomic mass is 32.2. The van der Waals surface area contributed by atoms with Gasteiger partial charge < -0.3 is 15.8 Å². The van der Waals surface area contributed by atoms with Gasteiger partial charge in [0.2, 0.25) is 0 Å². The number of sulfone groups is 1. The molecular weight excluding hydrogens is 252 g/mol. The average Bonchev–Trinajstić information content (AvgIpc) is 2.73. The van der Waals surface area contributed by atoms with Gasteiger partial charge >= 0.3 is 0 Å². The molecule has 2 aliphatic heterocycles. The van der Waals surface area contributed by atoms with Crippen molar-refractivity contribution in [2.45, 2.75) is 43.7 Å². The van der Waals surface area contributed by atoms with Gasteiger partial charge in [-0.05, 0) is 32.6 Å². The van der Waals surface area contributed by atoms with Crippen LogP contribution in [0.4, 0.5) is 0 Å². The molecule has 5 nitrogen and oxygen atoms in total. The largest absolute Gasteiger partial charge is 0.374 e. The van der Waals surface area contributed by atoms with E-state index in [9.17, 15) is 8.42 Å². The SMILES string of the molecule is CC1(CNC2(CN)CCCS(=O)(=O)C2)CCCO1. The van der Waals surface area contributed by atoms with E-state index in [1.165, 1.54) is 0 Å². The summed E-state index contributed by atoms with van der Waals surface area (Å²) in [7, 11) is -2.95. The van der Waals surface area contributed by atoms with Crippen LogP contribution in [0, 0.1) is 0 Å². The van der Waals surface area contributed by atoms with Crippen molar-refractivity contribution in [3.8, 4) is 0 Å². The van der Waals surface area contributed by atoms with Crippen LogP contribution < -0.4 is 11.1 Å². The Hall–Kier alpha value is -0.170. The fourth-order valence-corrected chi connectivity index (χ4v) is 4.85. The van der Waals surface area contributed by atoms with Gasteiger partial charge in [-0.3, -0.25) is 0 Å². The molecule has 2 rings (SSSR count). The first-order valence-electron chi connectivity index (χ1n) is 6.68. The highest BCUT2D eigenvalue weighted by Gasteiger charge is 2.40. The molecule has 0 bridgehead atoms. The molecule has 106 valence electrons. The number of hydrogen-bond donors (Lipinski definition) is 2. The first kappa shape index (κ1) is 14.2. The zero-order chi connectivity index (χ0) is 13.3. The standard InChI is InChI=1S/C12H24N2O3S/c1-11(4-2-6-17-11)9-14-12(8-13)5-3-7-18(15,16)10-12/h14H,2-10,13H2,1H3. The average molecular weight is 276 g/mol. The molecule has 0 aromatic heterocycles. The smallest absolute Gasteiger partial charge is 0.152 e. The molecule has 0 spiro atoms. The van der Waals surface area contributed by atoms with E-state index in [1.807, 2.05) is 0 Å². The summed E-state index contributed by atoms with van der Waals surface area (Å²) in [5.74, 6) is 0.455. The first-order valence-corrected chi connectivity index (χ1v) is 8.50. The summed E-state index contributed by atoms with van der Waals surface area (Å²) in [6.45, 7) is 3.92. The molecule has 3 N–H and O–H groups in total. The summed E-state index contributed by atoms with van der Waals surface area (Å²) in [6, 6.07) is 0. The van der Waals surface area contributed by atoms with Gasteiger partial charge in [0, 0.05) is 25.2 Å². The zero-order valence-electron chi connectivity index (χ0n) is 11.1. The van der Waals surface area contributed by atoms with Crippen LogP contribution in [0.2, 0.25) is 0 Å². The van der Waals surface area contributed by atoms with Gasteiger partial charge in [-0.2, -0.15) is 0 Å². The maximum Gasteiger partial charge on any atom is 0.152 e. The molecular formula is C12H24N2O3S. The predicted octanol–water partition coefficient (Wildman–Crippen LogP) is 0.0512. The third-order valence-corrected chi connectivity index (χ3v) is 6.04. The zero-order valence-corrected chi connectivity index (χ0v) is 11.9. The Morgan fingerprint density at radius 1 is 1.33 bits per heavy atom. The number of rotatable bonds is 4. The fourth-order valence-electron chi connectivity index (χ4n) is 2.92. The number of ether oxygens (including phenoxy) is 1. The third-order valence-electron chi connectivity index (χ3n) is 4.14. The van der Waals surface area contributed by atoms with Crippen LogP contribution in [0.1, 0.15) is 32.6 Å². The number of nitrogens with two attached hydrogens (primary N) is 1. The van der Waals surface area contributed by atoms with Crippen molar-refractivity contribution in [3.63, 3.8) is 0 Å². The molecule has 2 unspecified atom stereocenters. The Morgan fingerprint density at radius 2 is 2.11 bits per heavy atom. The molecule has 0 saturated carbocycles. The van der Waals surface area contributed by atoms with E-state index < -0.39 is 15.4 Å².